The minimum atomic E-state index is -0.297. The van der Waals surface area contributed by atoms with E-state index in [-0.39, 0.29) is 18.2 Å². The average Bonchev–Trinajstić information content (AvgIpc) is 2.45. The van der Waals surface area contributed by atoms with Gasteiger partial charge in [0.15, 0.2) is 0 Å². The fourth-order valence-corrected chi connectivity index (χ4v) is 1.50. The molecule has 0 heterocycles. The van der Waals surface area contributed by atoms with E-state index < -0.39 is 0 Å². The number of nitrogens with one attached hydrogen (secondary N) is 2. The molecule has 0 unspecified atom stereocenters. The number of hydrogen-bond donors (Lipinski definition) is 2. The zero-order valence-electron chi connectivity index (χ0n) is 12.2. The van der Waals surface area contributed by atoms with Gasteiger partial charge in [0, 0.05) is 12.2 Å². The molecular formula is C16H19N3O2. The highest BCUT2D eigenvalue weighted by atomic mass is 16.2. The summed E-state index contributed by atoms with van der Waals surface area (Å²) >= 11 is 0. The fourth-order valence-electron chi connectivity index (χ4n) is 1.50. The molecule has 0 radical (unpaired) electrons. The monoisotopic (exact) mass is 285 g/mol. The first-order valence-corrected chi connectivity index (χ1v) is 6.73. The molecule has 0 fully saturated rings. The van der Waals surface area contributed by atoms with E-state index in [1.54, 1.807) is 18.2 Å². The molecule has 2 amide bonds. The van der Waals surface area contributed by atoms with Crippen LogP contribution in [-0.2, 0) is 16.1 Å². The van der Waals surface area contributed by atoms with Crippen molar-refractivity contribution in [2.75, 3.05) is 5.32 Å². The van der Waals surface area contributed by atoms with Gasteiger partial charge < -0.3 is 10.6 Å². The summed E-state index contributed by atoms with van der Waals surface area (Å²) in [6.45, 7) is 4.36. The third-order valence-corrected chi connectivity index (χ3v) is 2.58. The quantitative estimate of drug-likeness (QED) is 0.787. The van der Waals surface area contributed by atoms with Crippen LogP contribution in [0.15, 0.2) is 36.4 Å². The zero-order valence-corrected chi connectivity index (χ0v) is 12.2. The molecular weight excluding hydrogens is 266 g/mol. The summed E-state index contributed by atoms with van der Waals surface area (Å²) in [7, 11) is 0. The molecule has 110 valence electrons. The van der Waals surface area contributed by atoms with Gasteiger partial charge >= 0.3 is 0 Å². The van der Waals surface area contributed by atoms with E-state index in [0.717, 1.165) is 5.56 Å². The van der Waals surface area contributed by atoms with Crippen LogP contribution in [0, 0.1) is 17.2 Å². The molecule has 0 saturated carbocycles. The lowest BCUT2D eigenvalue weighted by molar-refractivity contribution is -0.120. The number of carbonyl (C=O) groups excluding carboxylic acids is 2. The standard InChI is InChI=1S/C16H19N3O2/c1-12(2)3-8-16(21)19-14-6-4-13(5-7-14)11-18-15(20)9-10-17/h3-8,12H,9,11H2,1-2H3,(H,18,20)(H,19,21)/b8-3+. The number of nitrogens with zero attached hydrogens (tertiary/aromatic N) is 1. The van der Waals surface area contributed by atoms with Gasteiger partial charge in [0.1, 0.15) is 6.42 Å². The van der Waals surface area contributed by atoms with Gasteiger partial charge in [0.25, 0.3) is 0 Å². The maximum atomic E-state index is 11.6. The molecule has 0 aliphatic carbocycles. The minimum absolute atomic E-state index is 0.143. The molecule has 1 aromatic carbocycles. The molecule has 0 aliphatic heterocycles. The van der Waals surface area contributed by atoms with Crippen molar-refractivity contribution >= 4 is 17.5 Å². The van der Waals surface area contributed by atoms with Crippen LogP contribution in [0.25, 0.3) is 0 Å². The molecule has 1 aromatic rings. The third-order valence-electron chi connectivity index (χ3n) is 2.58. The Morgan fingerprint density at radius 2 is 1.95 bits per heavy atom. The van der Waals surface area contributed by atoms with Crippen molar-refractivity contribution in [3.63, 3.8) is 0 Å². The number of hydrogen-bond acceptors (Lipinski definition) is 3. The Morgan fingerprint density at radius 1 is 1.29 bits per heavy atom. The Morgan fingerprint density at radius 3 is 2.52 bits per heavy atom. The molecule has 1 rings (SSSR count). The molecule has 0 aliphatic rings. The highest BCUT2D eigenvalue weighted by Crippen LogP contribution is 2.09. The van der Waals surface area contributed by atoms with Gasteiger partial charge in [0.05, 0.1) is 6.07 Å². The topological polar surface area (TPSA) is 82.0 Å². The summed E-state index contributed by atoms with van der Waals surface area (Å²) in [6.07, 6.45) is 3.20. The highest BCUT2D eigenvalue weighted by Gasteiger charge is 2.01. The number of benzene rings is 1. The fraction of sp³-hybridized carbons (Fsp3) is 0.312. The second kappa shape index (κ2) is 8.54. The van der Waals surface area contributed by atoms with Crippen LogP contribution in [0.3, 0.4) is 0 Å². The van der Waals surface area contributed by atoms with Gasteiger partial charge in [-0.25, -0.2) is 0 Å². The van der Waals surface area contributed by atoms with E-state index in [1.807, 2.05) is 32.1 Å². The number of allylic oxidation sites excluding steroid dienone is 1. The third kappa shape index (κ3) is 6.92. The summed E-state index contributed by atoms with van der Waals surface area (Å²) in [4.78, 5) is 22.8. The van der Waals surface area contributed by atoms with E-state index in [0.29, 0.717) is 18.2 Å². The zero-order chi connectivity index (χ0) is 15.7. The Balaban J connectivity index is 2.49. The van der Waals surface area contributed by atoms with Gasteiger partial charge in [-0.3, -0.25) is 9.59 Å². The summed E-state index contributed by atoms with van der Waals surface area (Å²) in [6, 6.07) is 8.96. The molecule has 5 nitrogen and oxygen atoms in total. The highest BCUT2D eigenvalue weighted by molar-refractivity contribution is 5.99. The molecule has 2 N–H and O–H groups in total. The van der Waals surface area contributed by atoms with E-state index in [9.17, 15) is 9.59 Å². The number of anilines is 1. The number of rotatable bonds is 6. The smallest absolute Gasteiger partial charge is 0.248 e. The van der Waals surface area contributed by atoms with Gasteiger partial charge in [-0.05, 0) is 29.7 Å². The van der Waals surface area contributed by atoms with Crippen molar-refractivity contribution in [2.45, 2.75) is 26.8 Å². The lowest BCUT2D eigenvalue weighted by Gasteiger charge is -2.06. The van der Waals surface area contributed by atoms with E-state index in [1.165, 1.54) is 6.08 Å². The maximum absolute atomic E-state index is 11.6. The van der Waals surface area contributed by atoms with Crippen LogP contribution in [0.2, 0.25) is 0 Å². The Kier molecular flexibility index (Phi) is 6.69. The molecule has 5 heteroatoms. The van der Waals surface area contributed by atoms with E-state index in [2.05, 4.69) is 10.6 Å². The van der Waals surface area contributed by atoms with Gasteiger partial charge in [-0.15, -0.1) is 0 Å². The molecule has 0 atom stereocenters. The first kappa shape index (κ1) is 16.4. The summed E-state index contributed by atoms with van der Waals surface area (Å²) in [5.74, 6) is -0.136. The van der Waals surface area contributed by atoms with Crippen molar-refractivity contribution in [1.29, 1.82) is 5.26 Å². The van der Waals surface area contributed by atoms with Crippen molar-refractivity contribution in [2.24, 2.45) is 5.92 Å². The number of nitriles is 1. The summed E-state index contributed by atoms with van der Waals surface area (Å²) in [5, 5.41) is 13.8. The molecule has 0 aromatic heterocycles. The predicted molar refractivity (Wildman–Crippen MR) is 81.1 cm³/mol. The normalized spacial score (nSPS) is 10.4. The molecule has 0 bridgehead atoms. The van der Waals surface area contributed by atoms with E-state index in [4.69, 9.17) is 5.26 Å². The van der Waals surface area contributed by atoms with Crippen molar-refractivity contribution in [1.82, 2.24) is 5.32 Å². The molecule has 0 saturated heterocycles. The van der Waals surface area contributed by atoms with Crippen LogP contribution in [0.4, 0.5) is 5.69 Å². The minimum Gasteiger partial charge on any atom is -0.351 e. The van der Waals surface area contributed by atoms with Crippen LogP contribution in [-0.4, -0.2) is 11.8 Å². The summed E-state index contributed by atoms with van der Waals surface area (Å²) < 4.78 is 0. The number of carbonyl (C=O) groups is 2. The second-order valence-corrected chi connectivity index (χ2v) is 4.90. The first-order chi connectivity index (χ1) is 10.0. The lowest BCUT2D eigenvalue weighted by Crippen LogP contribution is -2.21. The van der Waals surface area contributed by atoms with E-state index >= 15 is 0 Å². The largest absolute Gasteiger partial charge is 0.351 e. The Hall–Kier alpha value is -2.61. The average molecular weight is 285 g/mol. The van der Waals surface area contributed by atoms with Crippen molar-refractivity contribution in [3.8, 4) is 6.07 Å². The second-order valence-electron chi connectivity index (χ2n) is 4.90. The Bertz CT molecular complexity index is 554. The van der Waals surface area contributed by atoms with Gasteiger partial charge in [0.2, 0.25) is 11.8 Å². The number of amides is 2. The van der Waals surface area contributed by atoms with Crippen LogP contribution >= 0.6 is 0 Å². The summed E-state index contributed by atoms with van der Waals surface area (Å²) in [5.41, 5.74) is 1.59. The van der Waals surface area contributed by atoms with Crippen molar-refractivity contribution in [3.05, 3.63) is 42.0 Å². The van der Waals surface area contributed by atoms with Crippen LogP contribution in [0.1, 0.15) is 25.8 Å². The lowest BCUT2D eigenvalue weighted by atomic mass is 10.2. The maximum Gasteiger partial charge on any atom is 0.248 e. The molecule has 0 spiro atoms. The predicted octanol–water partition coefficient (Wildman–Crippen LogP) is 2.37. The van der Waals surface area contributed by atoms with Crippen LogP contribution in [0.5, 0.6) is 0 Å². The molecule has 21 heavy (non-hydrogen) atoms. The SMILES string of the molecule is CC(C)/C=C/C(=O)Nc1ccc(CNC(=O)CC#N)cc1. The Labute approximate surface area is 124 Å². The van der Waals surface area contributed by atoms with Crippen LogP contribution < -0.4 is 10.6 Å². The van der Waals surface area contributed by atoms with Gasteiger partial charge in [-0.2, -0.15) is 5.26 Å². The first-order valence-electron chi connectivity index (χ1n) is 6.73. The van der Waals surface area contributed by atoms with Crippen molar-refractivity contribution < 1.29 is 9.59 Å². The van der Waals surface area contributed by atoms with Gasteiger partial charge in [-0.1, -0.05) is 32.1 Å².